The molecule has 2 aromatic heterocycles. The molecular weight excluding hydrogens is 392 g/mol. The summed E-state index contributed by atoms with van der Waals surface area (Å²) in [6.07, 6.45) is 3.80. The lowest BCUT2D eigenvalue weighted by atomic mass is 10.2. The first-order chi connectivity index (χ1) is 13.7. The summed E-state index contributed by atoms with van der Waals surface area (Å²) >= 11 is 7.63. The van der Waals surface area contributed by atoms with Crippen LogP contribution in [-0.2, 0) is 6.54 Å². The summed E-state index contributed by atoms with van der Waals surface area (Å²) in [4.78, 5) is 4.51. The van der Waals surface area contributed by atoms with Gasteiger partial charge in [-0.05, 0) is 55.0 Å². The van der Waals surface area contributed by atoms with Crippen molar-refractivity contribution in [3.05, 3.63) is 77.1 Å². The van der Waals surface area contributed by atoms with Gasteiger partial charge in [-0.1, -0.05) is 35.1 Å². The monoisotopic (exact) mass is 410 g/mol. The number of fused-ring (bicyclic) bond motifs is 1. The van der Waals surface area contributed by atoms with Crippen LogP contribution in [0.1, 0.15) is 11.3 Å². The summed E-state index contributed by atoms with van der Waals surface area (Å²) in [5.74, 6) is 0.821. The Balaban J connectivity index is 1.34. The van der Waals surface area contributed by atoms with Crippen molar-refractivity contribution in [1.82, 2.24) is 9.55 Å². The number of halogens is 1. The molecule has 0 aliphatic carbocycles. The highest BCUT2D eigenvalue weighted by Crippen LogP contribution is 2.25. The van der Waals surface area contributed by atoms with Gasteiger partial charge >= 0.3 is 0 Å². The summed E-state index contributed by atoms with van der Waals surface area (Å²) in [5, 5.41) is 5.85. The van der Waals surface area contributed by atoms with Crippen LogP contribution in [0, 0.1) is 6.92 Å². The predicted molar refractivity (Wildman–Crippen MR) is 117 cm³/mol. The number of hydrogen-bond acceptors (Lipinski definition) is 5. The summed E-state index contributed by atoms with van der Waals surface area (Å²) < 4.78 is 9.06. The van der Waals surface area contributed by atoms with Crippen molar-refractivity contribution in [2.45, 2.75) is 13.5 Å². The van der Waals surface area contributed by atoms with E-state index in [4.69, 9.17) is 16.3 Å². The minimum absolute atomic E-state index is 0.557. The largest absolute Gasteiger partial charge is 0.492 e. The van der Waals surface area contributed by atoms with Crippen molar-refractivity contribution >= 4 is 44.5 Å². The molecule has 5 nitrogen and oxygen atoms in total. The maximum Gasteiger partial charge on any atom is 0.204 e. The Morgan fingerprint density at radius 1 is 1.21 bits per heavy atom. The fourth-order valence-electron chi connectivity index (χ4n) is 2.79. The quantitative estimate of drug-likeness (QED) is 0.319. The standard InChI is InChI=1S/C21H19ClN4OS/c1-15-13-17(8-9-18(15)22)27-12-11-26-10-4-5-16(26)14-23-25-21-24-19-6-2-3-7-20(19)28-21/h2-10,13-14H,11-12H2,1H3,(H,24,25)/b23-14+. The second kappa shape index (κ2) is 8.46. The van der Waals surface area contributed by atoms with Crippen LogP contribution in [0.5, 0.6) is 5.75 Å². The first kappa shape index (κ1) is 18.5. The molecule has 2 heterocycles. The molecule has 0 saturated carbocycles. The van der Waals surface area contributed by atoms with Crippen LogP contribution < -0.4 is 10.2 Å². The van der Waals surface area contributed by atoms with Crippen molar-refractivity contribution in [2.24, 2.45) is 5.10 Å². The zero-order valence-electron chi connectivity index (χ0n) is 15.3. The van der Waals surface area contributed by atoms with Crippen LogP contribution in [0.15, 0.2) is 65.9 Å². The Morgan fingerprint density at radius 2 is 2.11 bits per heavy atom. The number of hydrazone groups is 1. The van der Waals surface area contributed by atoms with E-state index < -0.39 is 0 Å². The molecule has 0 atom stereocenters. The van der Waals surface area contributed by atoms with Crippen molar-refractivity contribution < 1.29 is 4.74 Å². The molecule has 4 rings (SSSR count). The van der Waals surface area contributed by atoms with Gasteiger partial charge in [0.25, 0.3) is 0 Å². The maximum absolute atomic E-state index is 6.05. The fourth-order valence-corrected chi connectivity index (χ4v) is 3.72. The number of aryl methyl sites for hydroxylation is 1. The number of nitrogens with zero attached hydrogens (tertiary/aromatic N) is 3. The maximum atomic E-state index is 6.05. The van der Waals surface area contributed by atoms with Gasteiger partial charge in [0, 0.05) is 11.2 Å². The van der Waals surface area contributed by atoms with E-state index in [-0.39, 0.29) is 0 Å². The van der Waals surface area contributed by atoms with Gasteiger partial charge in [-0.15, -0.1) is 0 Å². The summed E-state index contributed by atoms with van der Waals surface area (Å²) in [6.45, 7) is 3.24. The van der Waals surface area contributed by atoms with Crippen molar-refractivity contribution in [3.63, 3.8) is 0 Å². The molecule has 0 unspecified atom stereocenters. The minimum Gasteiger partial charge on any atom is -0.492 e. The highest BCUT2D eigenvalue weighted by atomic mass is 35.5. The molecular formula is C21H19ClN4OS. The van der Waals surface area contributed by atoms with Crippen LogP contribution in [-0.4, -0.2) is 22.4 Å². The van der Waals surface area contributed by atoms with Crippen LogP contribution in [0.2, 0.25) is 5.02 Å². The van der Waals surface area contributed by atoms with Gasteiger partial charge < -0.3 is 9.30 Å². The molecule has 0 fully saturated rings. The van der Waals surface area contributed by atoms with Gasteiger partial charge in [0.05, 0.1) is 28.7 Å². The number of nitrogens with one attached hydrogen (secondary N) is 1. The van der Waals surface area contributed by atoms with Gasteiger partial charge in [0.15, 0.2) is 0 Å². The molecule has 0 bridgehead atoms. The number of aromatic nitrogens is 2. The predicted octanol–water partition coefficient (Wildman–Crippen LogP) is 5.58. The Kier molecular flexibility index (Phi) is 5.60. The van der Waals surface area contributed by atoms with Crippen LogP contribution in [0.3, 0.4) is 0 Å². The molecule has 0 radical (unpaired) electrons. The molecule has 0 aliphatic heterocycles. The van der Waals surface area contributed by atoms with Crippen molar-refractivity contribution in [3.8, 4) is 5.75 Å². The highest BCUT2D eigenvalue weighted by Gasteiger charge is 2.03. The van der Waals surface area contributed by atoms with Crippen LogP contribution in [0.25, 0.3) is 10.2 Å². The smallest absolute Gasteiger partial charge is 0.204 e. The molecule has 1 N–H and O–H groups in total. The second-order valence-electron chi connectivity index (χ2n) is 6.24. The molecule has 0 aliphatic rings. The number of thiazole rings is 1. The number of para-hydroxylation sites is 1. The van der Waals surface area contributed by atoms with Crippen molar-refractivity contribution in [2.75, 3.05) is 12.0 Å². The van der Waals surface area contributed by atoms with Crippen LogP contribution >= 0.6 is 22.9 Å². The number of benzene rings is 2. The molecule has 142 valence electrons. The minimum atomic E-state index is 0.557. The van der Waals surface area contributed by atoms with Crippen LogP contribution in [0.4, 0.5) is 5.13 Å². The lowest BCUT2D eigenvalue weighted by Gasteiger charge is -2.10. The Hall–Kier alpha value is -2.83. The lowest BCUT2D eigenvalue weighted by molar-refractivity contribution is 0.298. The highest BCUT2D eigenvalue weighted by molar-refractivity contribution is 7.22. The fraction of sp³-hybridized carbons (Fsp3) is 0.143. The molecule has 2 aromatic carbocycles. The third-order valence-electron chi connectivity index (χ3n) is 4.25. The van der Waals surface area contributed by atoms with E-state index in [1.165, 1.54) is 0 Å². The third kappa shape index (κ3) is 4.35. The number of hydrogen-bond donors (Lipinski definition) is 1. The van der Waals surface area contributed by atoms with Gasteiger partial charge in [-0.2, -0.15) is 5.10 Å². The molecule has 4 aromatic rings. The number of anilines is 1. The van der Waals surface area contributed by atoms with Gasteiger partial charge in [-0.3, -0.25) is 5.43 Å². The topological polar surface area (TPSA) is 51.4 Å². The zero-order valence-corrected chi connectivity index (χ0v) is 16.9. The third-order valence-corrected chi connectivity index (χ3v) is 5.61. The van der Waals surface area contributed by atoms with E-state index in [9.17, 15) is 0 Å². The second-order valence-corrected chi connectivity index (χ2v) is 7.68. The average molecular weight is 411 g/mol. The van der Waals surface area contributed by atoms with E-state index >= 15 is 0 Å². The SMILES string of the molecule is Cc1cc(OCCn2cccc2/C=N/Nc2nc3ccccc3s2)ccc1Cl. The number of rotatable bonds is 7. The van der Waals surface area contributed by atoms with E-state index in [0.29, 0.717) is 6.61 Å². The van der Waals surface area contributed by atoms with E-state index in [1.54, 1.807) is 17.6 Å². The Labute approximate surface area is 172 Å². The summed E-state index contributed by atoms with van der Waals surface area (Å²) in [6, 6.07) is 17.7. The molecule has 0 saturated heterocycles. The Morgan fingerprint density at radius 3 is 2.96 bits per heavy atom. The molecule has 7 heteroatoms. The lowest BCUT2D eigenvalue weighted by Crippen LogP contribution is -2.10. The zero-order chi connectivity index (χ0) is 19.3. The van der Waals surface area contributed by atoms with E-state index in [0.717, 1.165) is 43.9 Å². The number of ether oxygens (including phenoxy) is 1. The molecule has 28 heavy (non-hydrogen) atoms. The van der Waals surface area contributed by atoms with E-state index in [1.807, 2.05) is 61.7 Å². The molecule has 0 spiro atoms. The normalized spacial score (nSPS) is 11.4. The van der Waals surface area contributed by atoms with Crippen molar-refractivity contribution in [1.29, 1.82) is 0 Å². The van der Waals surface area contributed by atoms with Gasteiger partial charge in [0.2, 0.25) is 5.13 Å². The first-order valence-electron chi connectivity index (χ1n) is 8.88. The molecule has 0 amide bonds. The van der Waals surface area contributed by atoms with Gasteiger partial charge in [0.1, 0.15) is 12.4 Å². The summed E-state index contributed by atoms with van der Waals surface area (Å²) in [5.41, 5.74) is 5.99. The van der Waals surface area contributed by atoms with E-state index in [2.05, 4.69) is 26.1 Å². The average Bonchev–Trinajstić information content (AvgIpc) is 3.31. The Bertz CT molecular complexity index is 1090. The summed E-state index contributed by atoms with van der Waals surface area (Å²) in [7, 11) is 0. The van der Waals surface area contributed by atoms with Gasteiger partial charge in [-0.25, -0.2) is 4.98 Å². The first-order valence-corrected chi connectivity index (χ1v) is 10.1.